The maximum absolute atomic E-state index is 12.0. The molecule has 2 aliphatic carbocycles. The van der Waals surface area contributed by atoms with E-state index < -0.39 is 0 Å². The summed E-state index contributed by atoms with van der Waals surface area (Å²) >= 11 is 0. The lowest BCUT2D eigenvalue weighted by molar-refractivity contribution is -0.150. The van der Waals surface area contributed by atoms with E-state index in [0.29, 0.717) is 5.92 Å². The van der Waals surface area contributed by atoms with Crippen molar-refractivity contribution in [3.63, 3.8) is 0 Å². The van der Waals surface area contributed by atoms with Gasteiger partial charge in [0.1, 0.15) is 18.8 Å². The third kappa shape index (κ3) is 1.83. The fraction of sp³-hybridized carbons (Fsp3) is 0.867. The second kappa shape index (κ2) is 3.81. The minimum absolute atomic E-state index is 0.00429. The predicted octanol–water partition coefficient (Wildman–Crippen LogP) is 1.96. The molecule has 3 rings (SSSR count). The summed E-state index contributed by atoms with van der Waals surface area (Å²) in [5.41, 5.74) is -0.377. The van der Waals surface area contributed by atoms with Gasteiger partial charge in [0.15, 0.2) is 5.78 Å². The zero-order valence-corrected chi connectivity index (χ0v) is 12.1. The Balaban J connectivity index is 1.70. The van der Waals surface area contributed by atoms with Gasteiger partial charge in [0.2, 0.25) is 0 Å². The van der Waals surface area contributed by atoms with Crippen LogP contribution in [0.15, 0.2) is 0 Å². The molecule has 5 atom stereocenters. The van der Waals surface area contributed by atoms with Crippen molar-refractivity contribution < 1.29 is 19.1 Å². The van der Waals surface area contributed by atoms with E-state index in [4.69, 9.17) is 9.47 Å². The molecule has 4 nitrogen and oxygen atoms in total. The molecule has 19 heavy (non-hydrogen) atoms. The van der Waals surface area contributed by atoms with Crippen LogP contribution in [0.3, 0.4) is 0 Å². The van der Waals surface area contributed by atoms with Gasteiger partial charge in [-0.3, -0.25) is 9.59 Å². The lowest BCUT2D eigenvalue weighted by atomic mass is 9.79. The van der Waals surface area contributed by atoms with Crippen molar-refractivity contribution in [2.24, 2.45) is 22.7 Å². The normalized spacial score (nSPS) is 43.7. The first-order valence-corrected chi connectivity index (χ1v) is 7.08. The number of hydrogen-bond donors (Lipinski definition) is 0. The Morgan fingerprint density at radius 2 is 2.11 bits per heavy atom. The Labute approximate surface area is 113 Å². The van der Waals surface area contributed by atoms with Gasteiger partial charge in [-0.05, 0) is 18.3 Å². The average Bonchev–Trinajstić information content (AvgIpc) is 2.82. The Kier molecular flexibility index (Phi) is 2.63. The number of ether oxygens (including phenoxy) is 2. The minimum atomic E-state index is -0.382. The molecule has 106 valence electrons. The Bertz CT molecular complexity index is 436. The summed E-state index contributed by atoms with van der Waals surface area (Å²) in [6.45, 7) is 7.97. The molecule has 0 N–H and O–H groups in total. The summed E-state index contributed by atoms with van der Waals surface area (Å²) < 4.78 is 11.3. The van der Waals surface area contributed by atoms with Gasteiger partial charge in [0.25, 0.3) is 0 Å². The Morgan fingerprint density at radius 1 is 1.42 bits per heavy atom. The van der Waals surface area contributed by atoms with Crippen LogP contribution in [0.25, 0.3) is 0 Å². The average molecular weight is 266 g/mol. The van der Waals surface area contributed by atoms with Gasteiger partial charge < -0.3 is 9.47 Å². The molecular weight excluding hydrogens is 244 g/mol. The highest BCUT2D eigenvalue weighted by atomic mass is 16.6. The molecule has 1 saturated heterocycles. The van der Waals surface area contributed by atoms with Crippen LogP contribution >= 0.6 is 0 Å². The molecule has 0 aromatic carbocycles. The van der Waals surface area contributed by atoms with Crippen molar-refractivity contribution in [2.75, 3.05) is 6.61 Å². The number of fused-ring (bicyclic) bond motifs is 1. The molecule has 5 unspecified atom stereocenters. The Hall–Kier alpha value is -0.900. The highest BCUT2D eigenvalue weighted by molar-refractivity contribution is 5.84. The van der Waals surface area contributed by atoms with E-state index in [1.165, 1.54) is 0 Å². The van der Waals surface area contributed by atoms with Gasteiger partial charge in [-0.1, -0.05) is 27.7 Å². The number of carbonyl (C=O) groups is 2. The molecule has 4 heteroatoms. The second-order valence-corrected chi connectivity index (χ2v) is 7.64. The maximum Gasteiger partial charge on any atom is 0.309 e. The van der Waals surface area contributed by atoms with Gasteiger partial charge in [-0.2, -0.15) is 0 Å². The molecule has 0 aromatic rings. The molecule has 1 heterocycles. The van der Waals surface area contributed by atoms with Crippen molar-refractivity contribution in [3.05, 3.63) is 0 Å². The van der Waals surface area contributed by atoms with Gasteiger partial charge in [-0.25, -0.2) is 0 Å². The first kappa shape index (κ1) is 13.1. The smallest absolute Gasteiger partial charge is 0.309 e. The van der Waals surface area contributed by atoms with E-state index in [9.17, 15) is 9.59 Å². The third-order valence-corrected chi connectivity index (χ3v) is 5.10. The van der Waals surface area contributed by atoms with Crippen molar-refractivity contribution in [1.82, 2.24) is 0 Å². The third-order valence-electron chi connectivity index (χ3n) is 5.10. The predicted molar refractivity (Wildman–Crippen MR) is 68.4 cm³/mol. The van der Waals surface area contributed by atoms with Crippen LogP contribution in [0, 0.1) is 22.7 Å². The van der Waals surface area contributed by atoms with Crippen LogP contribution in [-0.4, -0.2) is 30.6 Å². The highest BCUT2D eigenvalue weighted by Crippen LogP contribution is 2.62. The number of hydrogen-bond acceptors (Lipinski definition) is 4. The first-order chi connectivity index (χ1) is 8.72. The van der Waals surface area contributed by atoms with Gasteiger partial charge in [0, 0.05) is 11.3 Å². The van der Waals surface area contributed by atoms with E-state index in [-0.39, 0.29) is 47.3 Å². The standard InChI is InChI=1S/C15H22O4/c1-14(2,3)10(16)7-18-12-11-8-5-15(12,4)6-9(8)13(17)19-11/h8-9,11-12H,5-7H2,1-4H3. The topological polar surface area (TPSA) is 52.6 Å². The van der Waals surface area contributed by atoms with E-state index in [1.807, 2.05) is 20.8 Å². The molecule has 0 radical (unpaired) electrons. The second-order valence-electron chi connectivity index (χ2n) is 7.64. The van der Waals surface area contributed by atoms with Crippen LogP contribution in [0.5, 0.6) is 0 Å². The molecule has 0 amide bonds. The van der Waals surface area contributed by atoms with Gasteiger partial charge >= 0.3 is 5.97 Å². The van der Waals surface area contributed by atoms with Gasteiger partial charge in [-0.15, -0.1) is 0 Å². The monoisotopic (exact) mass is 266 g/mol. The van der Waals surface area contributed by atoms with Crippen molar-refractivity contribution in [2.45, 2.75) is 52.7 Å². The molecule has 3 aliphatic rings. The SMILES string of the molecule is CC(C)(C)C(=O)COC1C2OC(=O)C3CC1(C)CC32. The molecular formula is C15H22O4. The fourth-order valence-corrected chi connectivity index (χ4v) is 3.92. The maximum atomic E-state index is 12.0. The lowest BCUT2D eigenvalue weighted by Crippen LogP contribution is -2.41. The zero-order chi connectivity index (χ0) is 14.0. The summed E-state index contributed by atoms with van der Waals surface area (Å²) in [5, 5.41) is 0. The molecule has 0 aromatic heterocycles. The van der Waals surface area contributed by atoms with E-state index in [2.05, 4.69) is 6.92 Å². The zero-order valence-electron chi connectivity index (χ0n) is 12.1. The summed E-state index contributed by atoms with van der Waals surface area (Å²) in [7, 11) is 0. The number of rotatable bonds is 3. The van der Waals surface area contributed by atoms with Crippen molar-refractivity contribution in [1.29, 1.82) is 0 Å². The highest BCUT2D eigenvalue weighted by Gasteiger charge is 2.67. The summed E-state index contributed by atoms with van der Waals surface area (Å²) in [5.74, 6) is 0.423. The number of Topliss-reactive ketones (excluding diaryl/α,β-unsaturated/α-hetero) is 1. The van der Waals surface area contributed by atoms with E-state index >= 15 is 0 Å². The summed E-state index contributed by atoms with van der Waals surface area (Å²) in [4.78, 5) is 23.7. The quantitative estimate of drug-likeness (QED) is 0.733. The van der Waals surface area contributed by atoms with Crippen LogP contribution in [0.4, 0.5) is 0 Å². The number of ketones is 1. The van der Waals surface area contributed by atoms with Crippen molar-refractivity contribution >= 4 is 11.8 Å². The van der Waals surface area contributed by atoms with E-state index in [0.717, 1.165) is 12.8 Å². The summed E-state index contributed by atoms with van der Waals surface area (Å²) in [6, 6.07) is 0. The van der Waals surface area contributed by atoms with Crippen LogP contribution in [-0.2, 0) is 19.1 Å². The molecule has 1 aliphatic heterocycles. The largest absolute Gasteiger partial charge is 0.459 e. The molecule has 0 spiro atoms. The van der Waals surface area contributed by atoms with E-state index in [1.54, 1.807) is 0 Å². The number of carbonyl (C=O) groups excluding carboxylic acids is 2. The van der Waals surface area contributed by atoms with Crippen LogP contribution in [0.1, 0.15) is 40.5 Å². The minimum Gasteiger partial charge on any atom is -0.459 e. The molecule has 2 bridgehead atoms. The fourth-order valence-electron chi connectivity index (χ4n) is 3.92. The number of esters is 1. The van der Waals surface area contributed by atoms with Gasteiger partial charge in [0.05, 0.1) is 5.92 Å². The summed E-state index contributed by atoms with van der Waals surface area (Å²) in [6.07, 6.45) is 1.61. The Morgan fingerprint density at radius 3 is 2.74 bits per heavy atom. The van der Waals surface area contributed by atoms with Crippen LogP contribution < -0.4 is 0 Å². The van der Waals surface area contributed by atoms with Crippen LogP contribution in [0.2, 0.25) is 0 Å². The molecule has 2 saturated carbocycles. The lowest BCUT2D eigenvalue weighted by Gasteiger charge is -2.33. The first-order valence-electron chi connectivity index (χ1n) is 7.08. The molecule has 3 fully saturated rings. The van der Waals surface area contributed by atoms with Crippen molar-refractivity contribution in [3.8, 4) is 0 Å².